The summed E-state index contributed by atoms with van der Waals surface area (Å²) in [6.45, 7) is 0.412. The van der Waals surface area contributed by atoms with E-state index < -0.39 is 11.7 Å². The fourth-order valence-corrected chi connectivity index (χ4v) is 3.81. The lowest BCUT2D eigenvalue weighted by molar-refractivity contribution is -0.137. The average Bonchev–Trinajstić information content (AvgIpc) is 3.31. The van der Waals surface area contributed by atoms with Crippen LogP contribution >= 0.6 is 0 Å². The van der Waals surface area contributed by atoms with Crippen LogP contribution < -0.4 is 15.0 Å². The molecule has 2 aromatic carbocycles. The highest BCUT2D eigenvalue weighted by Gasteiger charge is 2.36. The number of benzodiazepines with no additional fused rings is 1. The normalized spacial score (nSPS) is 16.0. The molecule has 0 fully saturated rings. The van der Waals surface area contributed by atoms with E-state index in [4.69, 9.17) is 9.15 Å². The summed E-state index contributed by atoms with van der Waals surface area (Å²) in [6, 6.07) is 11.8. The van der Waals surface area contributed by atoms with Crippen molar-refractivity contribution in [2.24, 2.45) is 4.99 Å². The third kappa shape index (κ3) is 4.57. The number of rotatable bonds is 5. The van der Waals surface area contributed by atoms with Crippen LogP contribution in [0.4, 0.5) is 18.9 Å². The van der Waals surface area contributed by atoms with E-state index in [9.17, 15) is 18.0 Å². The summed E-state index contributed by atoms with van der Waals surface area (Å²) in [5, 5.41) is 2.84. The van der Waals surface area contributed by atoms with Crippen molar-refractivity contribution < 1.29 is 27.1 Å². The van der Waals surface area contributed by atoms with Gasteiger partial charge < -0.3 is 19.4 Å². The Balaban J connectivity index is 1.74. The van der Waals surface area contributed by atoms with Crippen molar-refractivity contribution in [2.75, 3.05) is 32.1 Å². The van der Waals surface area contributed by atoms with Crippen LogP contribution in [0.3, 0.4) is 0 Å². The van der Waals surface area contributed by atoms with Crippen LogP contribution in [0.2, 0.25) is 0 Å². The molecule has 0 bridgehead atoms. The number of carbonyl (C=O) groups is 1. The van der Waals surface area contributed by atoms with E-state index in [0.717, 1.165) is 6.07 Å². The first kappa shape index (κ1) is 22.4. The Kier molecular flexibility index (Phi) is 6.13. The summed E-state index contributed by atoms with van der Waals surface area (Å²) < 4.78 is 51.6. The molecule has 2 heterocycles. The Morgan fingerprint density at radius 2 is 2.00 bits per heavy atom. The molecule has 1 atom stereocenters. The number of hydrogen-bond donors (Lipinski definition) is 1. The Morgan fingerprint density at radius 1 is 1.21 bits per heavy atom. The smallest absolute Gasteiger partial charge is 0.417 e. The van der Waals surface area contributed by atoms with Crippen LogP contribution in [-0.4, -0.2) is 44.9 Å². The lowest BCUT2D eigenvalue weighted by Gasteiger charge is -2.29. The number of furan rings is 1. The third-order valence-electron chi connectivity index (χ3n) is 5.62. The van der Waals surface area contributed by atoms with Gasteiger partial charge in [0.1, 0.15) is 12.0 Å². The van der Waals surface area contributed by atoms with Gasteiger partial charge in [0.05, 0.1) is 42.8 Å². The molecule has 0 saturated carbocycles. The lowest BCUT2D eigenvalue weighted by Crippen LogP contribution is -2.43. The fourth-order valence-electron chi connectivity index (χ4n) is 3.81. The first-order valence-electron chi connectivity index (χ1n) is 10.2. The van der Waals surface area contributed by atoms with Crippen LogP contribution in [0.1, 0.15) is 27.0 Å². The van der Waals surface area contributed by atoms with Gasteiger partial charge >= 0.3 is 6.18 Å². The predicted octanol–water partition coefficient (Wildman–Crippen LogP) is 4.39. The minimum atomic E-state index is -4.53. The van der Waals surface area contributed by atoms with Gasteiger partial charge in [-0.25, -0.2) is 0 Å². The molecule has 1 amide bonds. The number of carbonyl (C=O) groups excluding carboxylic acids is 1. The van der Waals surface area contributed by atoms with Gasteiger partial charge in [0.25, 0.3) is 5.91 Å². The highest BCUT2D eigenvalue weighted by molar-refractivity contribution is 6.17. The molecule has 33 heavy (non-hydrogen) atoms. The van der Waals surface area contributed by atoms with Gasteiger partial charge in [0.2, 0.25) is 0 Å². The lowest BCUT2D eigenvalue weighted by atomic mass is 9.95. The van der Waals surface area contributed by atoms with E-state index in [1.807, 2.05) is 11.9 Å². The maximum Gasteiger partial charge on any atom is 0.417 e. The zero-order chi connectivity index (χ0) is 23.6. The van der Waals surface area contributed by atoms with Crippen molar-refractivity contribution in [1.82, 2.24) is 5.32 Å². The summed E-state index contributed by atoms with van der Waals surface area (Å²) in [4.78, 5) is 18.9. The number of hydrogen-bond acceptors (Lipinski definition) is 5. The number of nitrogens with zero attached hydrogens (tertiary/aromatic N) is 2. The molecule has 0 spiro atoms. The standard InChI is InChI=1S/C24H22F3N3O3/c1-30-16(13-29-23(31)15-9-10-33-14-15)12-28-22(19-8-7-17(32-2)11-21(19)30)18-5-3-4-6-20(18)24(25,26)27/h3-11,14,16H,12-13H2,1-2H3,(H,29,31). The first-order chi connectivity index (χ1) is 15.8. The molecular weight excluding hydrogens is 435 g/mol. The molecule has 1 aromatic heterocycles. The highest BCUT2D eigenvalue weighted by atomic mass is 19.4. The number of aliphatic imine (C=N–C) groups is 1. The number of benzene rings is 2. The summed E-state index contributed by atoms with van der Waals surface area (Å²) >= 11 is 0. The second-order valence-electron chi connectivity index (χ2n) is 7.60. The number of anilines is 1. The number of ether oxygens (including phenoxy) is 1. The maximum atomic E-state index is 13.8. The Bertz CT molecular complexity index is 1170. The SMILES string of the molecule is COc1ccc2c(c1)N(C)C(CNC(=O)c1ccoc1)CN=C2c1ccccc1C(F)(F)F. The number of halogens is 3. The van der Waals surface area contributed by atoms with Crippen molar-refractivity contribution in [3.63, 3.8) is 0 Å². The van der Waals surface area contributed by atoms with E-state index >= 15 is 0 Å². The van der Waals surface area contributed by atoms with Gasteiger partial charge in [-0.3, -0.25) is 9.79 Å². The minimum Gasteiger partial charge on any atom is -0.497 e. The van der Waals surface area contributed by atoms with E-state index in [0.29, 0.717) is 22.6 Å². The molecule has 1 N–H and O–H groups in total. The monoisotopic (exact) mass is 457 g/mol. The topological polar surface area (TPSA) is 67.1 Å². The molecule has 1 aliphatic heterocycles. The summed E-state index contributed by atoms with van der Waals surface area (Å²) in [7, 11) is 3.34. The van der Waals surface area contributed by atoms with Crippen LogP contribution in [-0.2, 0) is 6.18 Å². The van der Waals surface area contributed by atoms with Crippen molar-refractivity contribution in [3.05, 3.63) is 83.3 Å². The molecule has 0 saturated heterocycles. The summed E-state index contributed by atoms with van der Waals surface area (Å²) in [5.41, 5.74) is 1.10. The van der Waals surface area contributed by atoms with Gasteiger partial charge in [-0.2, -0.15) is 13.2 Å². The molecule has 6 nitrogen and oxygen atoms in total. The van der Waals surface area contributed by atoms with Crippen LogP contribution in [0.15, 0.2) is 70.5 Å². The van der Waals surface area contributed by atoms with Gasteiger partial charge in [0.15, 0.2) is 0 Å². The number of methoxy groups -OCH3 is 1. The van der Waals surface area contributed by atoms with Crippen LogP contribution in [0.5, 0.6) is 5.75 Å². The second kappa shape index (κ2) is 9.01. The molecule has 3 aromatic rings. The Labute approximate surface area is 188 Å². The predicted molar refractivity (Wildman–Crippen MR) is 118 cm³/mol. The molecule has 0 aliphatic carbocycles. The minimum absolute atomic E-state index is 0.00731. The van der Waals surface area contributed by atoms with Crippen molar-refractivity contribution in [2.45, 2.75) is 12.2 Å². The number of alkyl halides is 3. The second-order valence-corrected chi connectivity index (χ2v) is 7.60. The zero-order valence-electron chi connectivity index (χ0n) is 18.0. The van der Waals surface area contributed by atoms with Gasteiger partial charge in [0, 0.05) is 36.5 Å². The van der Waals surface area contributed by atoms with Crippen molar-refractivity contribution >= 4 is 17.3 Å². The third-order valence-corrected chi connectivity index (χ3v) is 5.62. The van der Waals surface area contributed by atoms with E-state index in [1.165, 1.54) is 31.8 Å². The van der Waals surface area contributed by atoms with Crippen molar-refractivity contribution in [1.29, 1.82) is 0 Å². The molecule has 9 heteroatoms. The summed E-state index contributed by atoms with van der Waals surface area (Å²) in [5.74, 6) is 0.256. The van der Waals surface area contributed by atoms with E-state index in [1.54, 1.807) is 30.3 Å². The van der Waals surface area contributed by atoms with Crippen molar-refractivity contribution in [3.8, 4) is 5.75 Å². The number of fused-ring (bicyclic) bond motifs is 1. The molecule has 4 rings (SSSR count). The molecule has 0 radical (unpaired) electrons. The highest BCUT2D eigenvalue weighted by Crippen LogP contribution is 2.36. The largest absolute Gasteiger partial charge is 0.497 e. The first-order valence-corrected chi connectivity index (χ1v) is 10.2. The number of likely N-dealkylation sites (N-methyl/N-ethyl adjacent to an activating group) is 1. The number of nitrogens with one attached hydrogen (secondary N) is 1. The average molecular weight is 457 g/mol. The molecular formula is C24H22F3N3O3. The van der Waals surface area contributed by atoms with Gasteiger partial charge in [-0.1, -0.05) is 18.2 Å². The fraction of sp³-hybridized carbons (Fsp3) is 0.250. The van der Waals surface area contributed by atoms with Crippen LogP contribution in [0, 0.1) is 0 Å². The Hall–Kier alpha value is -3.75. The summed E-state index contributed by atoms with van der Waals surface area (Å²) in [6.07, 6.45) is -1.78. The zero-order valence-corrected chi connectivity index (χ0v) is 18.0. The molecule has 172 valence electrons. The maximum absolute atomic E-state index is 13.8. The van der Waals surface area contributed by atoms with Gasteiger partial charge in [-0.15, -0.1) is 0 Å². The quantitative estimate of drug-likeness (QED) is 0.617. The Morgan fingerprint density at radius 3 is 2.70 bits per heavy atom. The molecule has 1 unspecified atom stereocenters. The van der Waals surface area contributed by atoms with Crippen LogP contribution in [0.25, 0.3) is 0 Å². The van der Waals surface area contributed by atoms with E-state index in [-0.39, 0.29) is 36.3 Å². The van der Waals surface area contributed by atoms with E-state index in [2.05, 4.69) is 10.3 Å². The molecule has 1 aliphatic rings. The number of amides is 1. The van der Waals surface area contributed by atoms with Gasteiger partial charge in [-0.05, 0) is 24.3 Å².